The molecular weight excluding hydrogens is 386 g/mol. The first-order valence-corrected chi connectivity index (χ1v) is 10.6. The Morgan fingerprint density at radius 3 is 2.13 bits per heavy atom. The molecule has 2 aliphatic heterocycles. The quantitative estimate of drug-likeness (QED) is 0.428. The van der Waals surface area contributed by atoms with Gasteiger partial charge < -0.3 is 19.7 Å². The number of amides is 2. The zero-order valence-electron chi connectivity index (χ0n) is 18.0. The summed E-state index contributed by atoms with van der Waals surface area (Å²) in [4.78, 5) is 41.2. The summed E-state index contributed by atoms with van der Waals surface area (Å²) in [5.74, 6) is -0.172. The fourth-order valence-corrected chi connectivity index (χ4v) is 4.09. The van der Waals surface area contributed by atoms with E-state index in [0.717, 1.165) is 0 Å². The lowest BCUT2D eigenvalue weighted by Gasteiger charge is -2.37. The van der Waals surface area contributed by atoms with Crippen molar-refractivity contribution in [1.29, 1.82) is 0 Å². The molecule has 0 radical (unpaired) electrons. The molecule has 8 nitrogen and oxygen atoms in total. The van der Waals surface area contributed by atoms with Gasteiger partial charge in [0.05, 0.1) is 5.56 Å². The number of likely N-dealkylation sites (tertiary alicyclic amines) is 2. The van der Waals surface area contributed by atoms with Gasteiger partial charge in [0.25, 0.3) is 0 Å². The second kappa shape index (κ2) is 9.02. The number of nitrogens with zero attached hydrogens (tertiary/aromatic N) is 3. The predicted molar refractivity (Wildman–Crippen MR) is 110 cm³/mol. The third-order valence-electron chi connectivity index (χ3n) is 5.73. The predicted octanol–water partition coefficient (Wildman–Crippen LogP) is 2.39. The lowest BCUT2D eigenvalue weighted by Crippen LogP contribution is -2.48. The number of Topliss-reactive ketones (excluding diaryl/α,β-unsaturated/α-hetero) is 1. The second-order valence-corrected chi connectivity index (χ2v) is 9.16. The molecule has 164 valence electrons. The zero-order chi connectivity index (χ0) is 21.9. The van der Waals surface area contributed by atoms with Crippen molar-refractivity contribution in [2.75, 3.05) is 26.2 Å². The van der Waals surface area contributed by atoms with Crippen molar-refractivity contribution >= 4 is 17.8 Å². The van der Waals surface area contributed by atoms with Crippen LogP contribution in [0.25, 0.3) is 0 Å². The average Bonchev–Trinajstić information content (AvgIpc) is 2.72. The summed E-state index contributed by atoms with van der Waals surface area (Å²) in [7, 11) is 0. The van der Waals surface area contributed by atoms with Crippen LogP contribution in [0.3, 0.4) is 0 Å². The van der Waals surface area contributed by atoms with Crippen LogP contribution in [0, 0.1) is 17.0 Å². The van der Waals surface area contributed by atoms with Gasteiger partial charge in [0.2, 0.25) is 5.91 Å². The normalized spacial score (nSPS) is 18.9. The maximum Gasteiger partial charge on any atom is 0.410 e. The van der Waals surface area contributed by atoms with Gasteiger partial charge in [-0.2, -0.15) is 4.73 Å². The first kappa shape index (κ1) is 22.1. The Bertz CT molecular complexity index is 788. The zero-order valence-corrected chi connectivity index (χ0v) is 18.0. The number of hydrogen-bond donors (Lipinski definition) is 0. The van der Waals surface area contributed by atoms with E-state index in [-0.39, 0.29) is 29.6 Å². The summed E-state index contributed by atoms with van der Waals surface area (Å²) in [6.07, 6.45) is 4.80. The number of hydrogen-bond acceptors (Lipinski definition) is 5. The van der Waals surface area contributed by atoms with E-state index in [4.69, 9.17) is 4.74 Å². The van der Waals surface area contributed by atoms with Crippen molar-refractivity contribution in [3.63, 3.8) is 0 Å². The molecule has 0 saturated carbocycles. The van der Waals surface area contributed by atoms with Gasteiger partial charge in [-0.05, 0) is 52.5 Å². The van der Waals surface area contributed by atoms with Gasteiger partial charge in [-0.1, -0.05) is 0 Å². The van der Waals surface area contributed by atoms with Crippen molar-refractivity contribution < 1.29 is 23.9 Å². The van der Waals surface area contributed by atoms with E-state index in [2.05, 4.69) is 0 Å². The van der Waals surface area contributed by atoms with Gasteiger partial charge in [0, 0.05) is 44.1 Å². The molecule has 1 aromatic rings. The highest BCUT2D eigenvalue weighted by atomic mass is 16.6. The molecule has 0 aliphatic carbocycles. The van der Waals surface area contributed by atoms with E-state index in [0.29, 0.717) is 62.2 Å². The van der Waals surface area contributed by atoms with Crippen LogP contribution in [0.2, 0.25) is 0 Å². The minimum atomic E-state index is -0.529. The molecule has 0 atom stereocenters. The van der Waals surface area contributed by atoms with Gasteiger partial charge >= 0.3 is 6.09 Å². The van der Waals surface area contributed by atoms with Crippen LogP contribution in [0.5, 0.6) is 0 Å². The van der Waals surface area contributed by atoms with E-state index < -0.39 is 5.60 Å². The third kappa shape index (κ3) is 5.49. The summed E-state index contributed by atoms with van der Waals surface area (Å²) in [6, 6.07) is 3.23. The molecule has 30 heavy (non-hydrogen) atoms. The number of carbonyl (C=O) groups is 3. The fourth-order valence-electron chi connectivity index (χ4n) is 4.09. The van der Waals surface area contributed by atoms with Gasteiger partial charge in [0.1, 0.15) is 5.60 Å². The molecular formula is C22H31N3O5. The van der Waals surface area contributed by atoms with Crippen LogP contribution in [0.15, 0.2) is 24.5 Å². The number of pyridine rings is 1. The van der Waals surface area contributed by atoms with Crippen molar-refractivity contribution in [2.45, 2.75) is 52.1 Å². The van der Waals surface area contributed by atoms with E-state index in [1.165, 1.54) is 12.4 Å². The van der Waals surface area contributed by atoms with E-state index in [1.54, 1.807) is 17.0 Å². The van der Waals surface area contributed by atoms with Crippen molar-refractivity contribution in [3.05, 3.63) is 35.3 Å². The second-order valence-electron chi connectivity index (χ2n) is 9.16. The molecule has 0 unspecified atom stereocenters. The Balaban J connectivity index is 1.47. The largest absolute Gasteiger partial charge is 0.619 e. The number of ether oxygens (including phenoxy) is 1. The van der Waals surface area contributed by atoms with Crippen LogP contribution < -0.4 is 4.73 Å². The van der Waals surface area contributed by atoms with Gasteiger partial charge in [-0.3, -0.25) is 9.59 Å². The number of carbonyl (C=O) groups excluding carboxylic acids is 3. The number of rotatable bonds is 3. The molecule has 3 rings (SSSR count). The molecule has 2 amide bonds. The molecule has 3 heterocycles. The summed E-state index contributed by atoms with van der Waals surface area (Å²) in [5.41, 5.74) is -0.106. The van der Waals surface area contributed by atoms with Crippen molar-refractivity contribution in [3.8, 4) is 0 Å². The van der Waals surface area contributed by atoms with Crippen LogP contribution >= 0.6 is 0 Å². The highest BCUT2D eigenvalue weighted by Gasteiger charge is 2.34. The maximum atomic E-state index is 12.9. The molecule has 1 aromatic heterocycles. The molecule has 0 bridgehead atoms. The fraction of sp³-hybridized carbons (Fsp3) is 0.636. The molecule has 2 saturated heterocycles. The van der Waals surface area contributed by atoms with Crippen LogP contribution in [-0.2, 0) is 9.53 Å². The van der Waals surface area contributed by atoms with E-state index in [9.17, 15) is 19.6 Å². The SMILES string of the molecule is CC(C)(C)OC(=O)N1CCC(C(=O)N2CCC(C(=O)c3ccc[n+]([O-])c3)CC2)CC1. The molecule has 2 fully saturated rings. The first-order valence-electron chi connectivity index (χ1n) is 10.6. The Hall–Kier alpha value is -2.64. The molecule has 8 heteroatoms. The smallest absolute Gasteiger partial charge is 0.410 e. The molecule has 0 N–H and O–H groups in total. The van der Waals surface area contributed by atoms with Gasteiger partial charge in [0.15, 0.2) is 18.2 Å². The number of aromatic nitrogens is 1. The van der Waals surface area contributed by atoms with Crippen LogP contribution in [-0.4, -0.2) is 59.4 Å². The Kier molecular flexibility index (Phi) is 6.63. The van der Waals surface area contributed by atoms with Crippen LogP contribution in [0.4, 0.5) is 4.79 Å². The summed E-state index contributed by atoms with van der Waals surface area (Å²) < 4.78 is 6.04. The van der Waals surface area contributed by atoms with Crippen molar-refractivity contribution in [2.24, 2.45) is 11.8 Å². The summed E-state index contributed by atoms with van der Waals surface area (Å²) in [6.45, 7) is 7.65. The van der Waals surface area contributed by atoms with Gasteiger partial charge in [-0.25, -0.2) is 4.79 Å². The minimum Gasteiger partial charge on any atom is -0.619 e. The molecule has 0 aromatic carbocycles. The Labute approximate surface area is 177 Å². The summed E-state index contributed by atoms with van der Waals surface area (Å²) in [5, 5.41) is 11.4. The third-order valence-corrected chi connectivity index (χ3v) is 5.73. The molecule has 2 aliphatic rings. The van der Waals surface area contributed by atoms with Crippen LogP contribution in [0.1, 0.15) is 56.8 Å². The van der Waals surface area contributed by atoms with E-state index in [1.807, 2.05) is 25.7 Å². The standard InChI is InChI=1S/C22H31N3O5/c1-22(2,3)30-21(28)24-13-8-17(9-14-24)20(27)23-11-6-16(7-12-23)19(26)18-5-4-10-25(29)15-18/h4-5,10,15-17H,6-9,11-14H2,1-3H3. The number of ketones is 1. The number of piperidine rings is 2. The lowest BCUT2D eigenvalue weighted by atomic mass is 9.88. The Morgan fingerprint density at radius 1 is 1.00 bits per heavy atom. The highest BCUT2D eigenvalue weighted by molar-refractivity contribution is 5.97. The van der Waals surface area contributed by atoms with E-state index >= 15 is 0 Å². The minimum absolute atomic E-state index is 0.0297. The summed E-state index contributed by atoms with van der Waals surface area (Å²) >= 11 is 0. The van der Waals surface area contributed by atoms with Gasteiger partial charge in [-0.15, -0.1) is 0 Å². The first-order chi connectivity index (χ1) is 14.1. The highest BCUT2D eigenvalue weighted by Crippen LogP contribution is 2.26. The Morgan fingerprint density at radius 2 is 1.57 bits per heavy atom. The lowest BCUT2D eigenvalue weighted by molar-refractivity contribution is -0.605. The monoisotopic (exact) mass is 417 g/mol. The molecule has 0 spiro atoms. The maximum absolute atomic E-state index is 12.9. The van der Waals surface area contributed by atoms with Crippen molar-refractivity contribution in [1.82, 2.24) is 9.80 Å². The average molecular weight is 418 g/mol. The topological polar surface area (TPSA) is 93.9 Å².